The molecule has 1 unspecified atom stereocenters. The lowest BCUT2D eigenvalue weighted by molar-refractivity contribution is 0.239. The summed E-state index contributed by atoms with van der Waals surface area (Å²) in [4.78, 5) is 12.1. The van der Waals surface area contributed by atoms with Gasteiger partial charge in [-0.25, -0.2) is 4.79 Å². The average Bonchev–Trinajstić information content (AvgIpc) is 2.99. The van der Waals surface area contributed by atoms with E-state index in [1.165, 1.54) is 16.7 Å². The van der Waals surface area contributed by atoms with Crippen LogP contribution in [0.3, 0.4) is 0 Å². The molecule has 0 aromatic heterocycles. The van der Waals surface area contributed by atoms with Gasteiger partial charge in [-0.05, 0) is 41.2 Å². The van der Waals surface area contributed by atoms with Gasteiger partial charge in [-0.2, -0.15) is 0 Å². The van der Waals surface area contributed by atoms with Crippen LogP contribution in [0.25, 0.3) is 6.08 Å². The van der Waals surface area contributed by atoms with Gasteiger partial charge in [0.1, 0.15) is 0 Å². The van der Waals surface area contributed by atoms with Gasteiger partial charge in [0, 0.05) is 5.70 Å². The highest BCUT2D eigenvalue weighted by atomic mass is 16.2. The Morgan fingerprint density at radius 2 is 1.61 bits per heavy atom. The number of carbonyl (C=O) groups is 1. The Balaban J connectivity index is 1.74. The van der Waals surface area contributed by atoms with Crippen LogP contribution in [0.15, 0.2) is 77.5 Å². The van der Waals surface area contributed by atoms with Crippen molar-refractivity contribution in [2.45, 2.75) is 18.9 Å². The molecule has 0 spiro atoms. The molecule has 2 amide bonds. The molecular formula is C20H18N2O. The number of rotatable bonds is 2. The van der Waals surface area contributed by atoms with E-state index in [1.807, 2.05) is 36.4 Å². The Morgan fingerprint density at radius 3 is 2.35 bits per heavy atom. The molecular weight excluding hydrogens is 284 g/mol. The fraction of sp³-hybridized carbons (Fsp3) is 0.150. The van der Waals surface area contributed by atoms with E-state index in [1.54, 1.807) is 0 Å². The standard InChI is InChI=1S/C20H18N2O/c23-20-21-18(15-9-5-2-6-10-15)17-12-11-16(19(17)22-20)13-14-7-3-1-4-8-14/h1-10,13,18H,11-12H2,(H2,21,22,23)/b16-13+. The Morgan fingerprint density at radius 1 is 0.913 bits per heavy atom. The van der Waals surface area contributed by atoms with Crippen molar-refractivity contribution in [3.05, 3.63) is 88.6 Å². The molecule has 0 bridgehead atoms. The van der Waals surface area contributed by atoms with E-state index in [0.717, 1.165) is 24.1 Å². The topological polar surface area (TPSA) is 41.1 Å². The summed E-state index contributed by atoms with van der Waals surface area (Å²) in [6.45, 7) is 0. The molecule has 0 saturated carbocycles. The van der Waals surface area contributed by atoms with Crippen molar-refractivity contribution in [2.75, 3.05) is 0 Å². The second-order valence-electron chi connectivity index (χ2n) is 5.92. The van der Waals surface area contributed by atoms with Gasteiger partial charge in [0.05, 0.1) is 6.04 Å². The number of amides is 2. The largest absolute Gasteiger partial charge is 0.327 e. The summed E-state index contributed by atoms with van der Waals surface area (Å²) in [6.07, 6.45) is 4.11. The van der Waals surface area contributed by atoms with Gasteiger partial charge in [0.25, 0.3) is 0 Å². The van der Waals surface area contributed by atoms with Crippen LogP contribution in [-0.2, 0) is 0 Å². The quantitative estimate of drug-likeness (QED) is 0.859. The first-order chi connectivity index (χ1) is 11.3. The van der Waals surface area contributed by atoms with Crippen LogP contribution >= 0.6 is 0 Å². The van der Waals surface area contributed by atoms with Crippen LogP contribution in [-0.4, -0.2) is 6.03 Å². The second kappa shape index (κ2) is 5.76. The van der Waals surface area contributed by atoms with E-state index in [2.05, 4.69) is 41.0 Å². The van der Waals surface area contributed by atoms with Gasteiger partial charge in [0.2, 0.25) is 0 Å². The summed E-state index contributed by atoms with van der Waals surface area (Å²) in [5.74, 6) is 0. The maximum Gasteiger partial charge on any atom is 0.319 e. The summed E-state index contributed by atoms with van der Waals surface area (Å²) >= 11 is 0. The Bertz CT molecular complexity index is 791. The van der Waals surface area contributed by atoms with E-state index >= 15 is 0 Å². The van der Waals surface area contributed by atoms with Crippen molar-refractivity contribution in [3.63, 3.8) is 0 Å². The number of carbonyl (C=O) groups excluding carboxylic acids is 1. The minimum absolute atomic E-state index is 0.0263. The molecule has 0 fully saturated rings. The predicted molar refractivity (Wildman–Crippen MR) is 91.5 cm³/mol. The number of benzene rings is 2. The van der Waals surface area contributed by atoms with Crippen LogP contribution in [0.5, 0.6) is 0 Å². The fourth-order valence-electron chi connectivity index (χ4n) is 3.37. The summed E-state index contributed by atoms with van der Waals surface area (Å²) in [7, 11) is 0. The lowest BCUT2D eigenvalue weighted by Gasteiger charge is -2.27. The molecule has 0 radical (unpaired) electrons. The molecule has 2 aromatic carbocycles. The SMILES string of the molecule is O=C1NC2=C(CC/C2=C\c2ccccc2)C(c2ccccc2)N1. The van der Waals surface area contributed by atoms with Crippen LogP contribution < -0.4 is 10.6 Å². The number of hydrogen-bond acceptors (Lipinski definition) is 1. The maximum absolute atomic E-state index is 12.1. The summed E-state index contributed by atoms with van der Waals surface area (Å²) in [5.41, 5.74) is 5.79. The Hall–Kier alpha value is -2.81. The van der Waals surface area contributed by atoms with Crippen LogP contribution in [0, 0.1) is 0 Å². The summed E-state index contributed by atoms with van der Waals surface area (Å²) in [6, 6.07) is 20.3. The third kappa shape index (κ3) is 2.66. The third-order valence-corrected chi connectivity index (χ3v) is 4.44. The molecule has 2 aromatic rings. The molecule has 1 aliphatic heterocycles. The van der Waals surface area contributed by atoms with Crippen molar-refractivity contribution < 1.29 is 4.79 Å². The normalized spacial score (nSPS) is 21.8. The van der Waals surface area contributed by atoms with E-state index in [4.69, 9.17) is 0 Å². The molecule has 1 aliphatic carbocycles. The zero-order valence-electron chi connectivity index (χ0n) is 12.8. The molecule has 23 heavy (non-hydrogen) atoms. The maximum atomic E-state index is 12.1. The van der Waals surface area contributed by atoms with Crippen molar-refractivity contribution in [2.24, 2.45) is 0 Å². The second-order valence-corrected chi connectivity index (χ2v) is 5.92. The smallest absolute Gasteiger partial charge is 0.319 e. The number of hydrogen-bond donors (Lipinski definition) is 2. The van der Waals surface area contributed by atoms with E-state index in [-0.39, 0.29) is 12.1 Å². The molecule has 3 heteroatoms. The van der Waals surface area contributed by atoms with Crippen molar-refractivity contribution >= 4 is 12.1 Å². The first-order valence-electron chi connectivity index (χ1n) is 7.93. The summed E-state index contributed by atoms with van der Waals surface area (Å²) < 4.78 is 0. The first kappa shape index (κ1) is 13.8. The molecule has 1 atom stereocenters. The fourth-order valence-corrected chi connectivity index (χ4v) is 3.37. The lowest BCUT2D eigenvalue weighted by Crippen LogP contribution is -2.43. The monoisotopic (exact) mass is 302 g/mol. The van der Waals surface area contributed by atoms with Crippen molar-refractivity contribution in [3.8, 4) is 0 Å². The third-order valence-electron chi connectivity index (χ3n) is 4.44. The highest BCUT2D eigenvalue weighted by molar-refractivity contribution is 5.82. The van der Waals surface area contributed by atoms with Gasteiger partial charge in [-0.15, -0.1) is 0 Å². The highest BCUT2D eigenvalue weighted by Crippen LogP contribution is 2.40. The minimum atomic E-state index is -0.126. The van der Waals surface area contributed by atoms with E-state index in [0.29, 0.717) is 0 Å². The molecule has 0 saturated heterocycles. The molecule has 114 valence electrons. The van der Waals surface area contributed by atoms with Gasteiger partial charge in [-0.1, -0.05) is 60.7 Å². The van der Waals surface area contributed by atoms with Crippen LogP contribution in [0.4, 0.5) is 4.79 Å². The average molecular weight is 302 g/mol. The molecule has 1 heterocycles. The zero-order valence-corrected chi connectivity index (χ0v) is 12.8. The van der Waals surface area contributed by atoms with Gasteiger partial charge >= 0.3 is 6.03 Å². The molecule has 3 nitrogen and oxygen atoms in total. The van der Waals surface area contributed by atoms with E-state index < -0.39 is 0 Å². The van der Waals surface area contributed by atoms with Gasteiger partial charge in [-0.3, -0.25) is 0 Å². The number of urea groups is 1. The first-order valence-corrected chi connectivity index (χ1v) is 7.93. The molecule has 4 rings (SSSR count). The van der Waals surface area contributed by atoms with Crippen molar-refractivity contribution in [1.29, 1.82) is 0 Å². The number of nitrogens with one attached hydrogen (secondary N) is 2. The van der Waals surface area contributed by atoms with Crippen LogP contribution in [0.1, 0.15) is 30.0 Å². The van der Waals surface area contributed by atoms with E-state index in [9.17, 15) is 4.79 Å². The number of allylic oxidation sites excluding steroid dienone is 1. The lowest BCUT2D eigenvalue weighted by atomic mass is 9.96. The molecule has 2 N–H and O–H groups in total. The zero-order chi connectivity index (χ0) is 15.6. The Kier molecular flexibility index (Phi) is 3.46. The Labute approximate surface area is 135 Å². The van der Waals surface area contributed by atoms with Crippen LogP contribution in [0.2, 0.25) is 0 Å². The van der Waals surface area contributed by atoms with Gasteiger partial charge in [0.15, 0.2) is 0 Å². The minimum Gasteiger partial charge on any atom is -0.327 e. The highest BCUT2D eigenvalue weighted by Gasteiger charge is 2.33. The van der Waals surface area contributed by atoms with Crippen molar-refractivity contribution in [1.82, 2.24) is 10.6 Å². The molecule has 2 aliphatic rings. The predicted octanol–water partition coefficient (Wildman–Crippen LogP) is 4.17. The van der Waals surface area contributed by atoms with Gasteiger partial charge < -0.3 is 10.6 Å². The summed E-state index contributed by atoms with van der Waals surface area (Å²) in [5, 5.41) is 6.06.